The normalized spacial score (nSPS) is 14.9. The topological polar surface area (TPSA) is 78.4 Å². The van der Waals surface area contributed by atoms with Crippen LogP contribution in [0.15, 0.2) is 11.4 Å². The molecule has 0 radical (unpaired) electrons. The van der Waals surface area contributed by atoms with E-state index in [4.69, 9.17) is 5.11 Å². The van der Waals surface area contributed by atoms with E-state index in [2.05, 4.69) is 22.5 Å². The monoisotopic (exact) mass is 292 g/mol. The van der Waals surface area contributed by atoms with Crippen molar-refractivity contribution in [3.8, 4) is 11.8 Å². The maximum absolute atomic E-state index is 12.0. The molecule has 0 bridgehead atoms. The minimum atomic E-state index is -0.560. The van der Waals surface area contributed by atoms with E-state index in [9.17, 15) is 9.59 Å². The van der Waals surface area contributed by atoms with Gasteiger partial charge < -0.3 is 15.7 Å². The maximum atomic E-state index is 12.0. The highest BCUT2D eigenvalue weighted by atomic mass is 32.1. The summed E-state index contributed by atoms with van der Waals surface area (Å²) in [5, 5.41) is 15.8. The summed E-state index contributed by atoms with van der Waals surface area (Å²) in [6.07, 6.45) is 2.04. The third-order valence-electron chi connectivity index (χ3n) is 2.82. The van der Waals surface area contributed by atoms with Crippen molar-refractivity contribution >= 4 is 23.2 Å². The fourth-order valence-electron chi connectivity index (χ4n) is 1.55. The lowest BCUT2D eigenvalue weighted by atomic mass is 10.2. The Kier molecular flexibility index (Phi) is 4.77. The van der Waals surface area contributed by atoms with E-state index in [0.29, 0.717) is 10.4 Å². The highest BCUT2D eigenvalue weighted by Crippen LogP contribution is 2.18. The summed E-state index contributed by atoms with van der Waals surface area (Å²) < 4.78 is 0. The first-order chi connectivity index (χ1) is 9.60. The van der Waals surface area contributed by atoms with Gasteiger partial charge in [0.15, 0.2) is 0 Å². The van der Waals surface area contributed by atoms with Crippen LogP contribution in [0.25, 0.3) is 0 Å². The quantitative estimate of drug-likeness (QED) is 0.707. The molecule has 1 aromatic rings. The summed E-state index contributed by atoms with van der Waals surface area (Å²) in [4.78, 5) is 24.4. The number of hydrogen-bond donors (Lipinski definition) is 3. The number of hydrogen-bond acceptors (Lipinski definition) is 4. The van der Waals surface area contributed by atoms with E-state index in [0.717, 1.165) is 12.8 Å². The average molecular weight is 292 g/mol. The van der Waals surface area contributed by atoms with E-state index in [1.807, 2.05) is 0 Å². The van der Waals surface area contributed by atoms with Gasteiger partial charge in [-0.05, 0) is 25.8 Å². The van der Waals surface area contributed by atoms with Gasteiger partial charge >= 0.3 is 0 Å². The number of amides is 2. The average Bonchev–Trinajstić information content (AvgIpc) is 3.10. The maximum Gasteiger partial charge on any atom is 0.252 e. The summed E-state index contributed by atoms with van der Waals surface area (Å²) in [7, 11) is 0. The van der Waals surface area contributed by atoms with Gasteiger partial charge in [-0.25, -0.2) is 0 Å². The van der Waals surface area contributed by atoms with Crippen LogP contribution in [0, 0.1) is 11.8 Å². The van der Waals surface area contributed by atoms with Crippen molar-refractivity contribution in [2.75, 3.05) is 6.61 Å². The number of nitrogens with one attached hydrogen (secondary N) is 2. The smallest absolute Gasteiger partial charge is 0.252 e. The van der Waals surface area contributed by atoms with Crippen LogP contribution in [0.3, 0.4) is 0 Å². The third kappa shape index (κ3) is 4.08. The Morgan fingerprint density at radius 2 is 2.30 bits per heavy atom. The lowest BCUT2D eigenvalue weighted by Crippen LogP contribution is -2.45. The first-order valence-electron chi connectivity index (χ1n) is 6.39. The number of aliphatic hydroxyl groups excluding tert-OH is 1. The molecule has 1 fully saturated rings. The third-order valence-corrected chi connectivity index (χ3v) is 3.66. The zero-order valence-corrected chi connectivity index (χ0v) is 11.9. The minimum absolute atomic E-state index is 0.156. The first kappa shape index (κ1) is 14.6. The summed E-state index contributed by atoms with van der Waals surface area (Å²) in [5.74, 6) is 4.81. The molecule has 106 valence electrons. The highest BCUT2D eigenvalue weighted by Gasteiger charge is 2.26. The van der Waals surface area contributed by atoms with Crippen molar-refractivity contribution in [1.82, 2.24) is 10.6 Å². The van der Waals surface area contributed by atoms with Crippen LogP contribution in [-0.2, 0) is 4.79 Å². The number of rotatable bonds is 4. The second-order valence-corrected chi connectivity index (χ2v) is 5.55. The van der Waals surface area contributed by atoms with Crippen LogP contribution in [0.2, 0.25) is 0 Å². The van der Waals surface area contributed by atoms with E-state index < -0.39 is 6.04 Å². The van der Waals surface area contributed by atoms with Crippen molar-refractivity contribution in [1.29, 1.82) is 0 Å². The first-order valence-corrected chi connectivity index (χ1v) is 7.27. The SMILES string of the molecule is CC(NC(=O)c1csc(C#CCO)c1)C(=O)NC1CC1. The van der Waals surface area contributed by atoms with E-state index >= 15 is 0 Å². The van der Waals surface area contributed by atoms with E-state index in [-0.39, 0.29) is 24.5 Å². The lowest BCUT2D eigenvalue weighted by Gasteiger charge is -2.13. The Bertz CT molecular complexity index is 566. The van der Waals surface area contributed by atoms with E-state index in [1.54, 1.807) is 18.4 Å². The van der Waals surface area contributed by atoms with Gasteiger partial charge in [0.2, 0.25) is 5.91 Å². The van der Waals surface area contributed by atoms with Crippen molar-refractivity contribution in [2.45, 2.75) is 31.8 Å². The van der Waals surface area contributed by atoms with Crippen LogP contribution in [-0.4, -0.2) is 35.6 Å². The molecule has 1 aliphatic rings. The van der Waals surface area contributed by atoms with Crippen molar-refractivity contribution in [3.05, 3.63) is 21.9 Å². The molecule has 1 aliphatic carbocycles. The Labute approximate surface area is 121 Å². The van der Waals surface area contributed by atoms with Crippen LogP contribution >= 0.6 is 11.3 Å². The molecule has 20 heavy (non-hydrogen) atoms. The van der Waals surface area contributed by atoms with Crippen LogP contribution < -0.4 is 10.6 Å². The lowest BCUT2D eigenvalue weighted by molar-refractivity contribution is -0.122. The minimum Gasteiger partial charge on any atom is -0.384 e. The van der Waals surface area contributed by atoms with Crippen LogP contribution in [0.5, 0.6) is 0 Å². The van der Waals surface area contributed by atoms with Gasteiger partial charge in [-0.2, -0.15) is 0 Å². The molecule has 0 saturated heterocycles. The predicted octanol–water partition coefficient (Wildman–Crippen LogP) is 0.489. The molecule has 5 nitrogen and oxygen atoms in total. The summed E-state index contributed by atoms with van der Waals surface area (Å²) in [5.41, 5.74) is 0.475. The molecule has 0 spiro atoms. The molecule has 1 heterocycles. The molecule has 0 aliphatic heterocycles. The van der Waals surface area contributed by atoms with Gasteiger partial charge in [-0.3, -0.25) is 9.59 Å². The zero-order valence-electron chi connectivity index (χ0n) is 11.1. The Hall–Kier alpha value is -1.84. The Morgan fingerprint density at radius 1 is 1.55 bits per heavy atom. The van der Waals surface area contributed by atoms with Gasteiger partial charge in [0.25, 0.3) is 5.91 Å². The predicted molar refractivity (Wildman–Crippen MR) is 76.4 cm³/mol. The fourth-order valence-corrected chi connectivity index (χ4v) is 2.30. The number of aliphatic hydroxyl groups is 1. The molecular formula is C14H16N2O3S. The largest absolute Gasteiger partial charge is 0.384 e. The van der Waals surface area contributed by atoms with Crippen molar-refractivity contribution in [3.63, 3.8) is 0 Å². The van der Waals surface area contributed by atoms with Gasteiger partial charge in [-0.1, -0.05) is 11.8 Å². The molecular weight excluding hydrogens is 276 g/mol. The van der Waals surface area contributed by atoms with Gasteiger partial charge in [0.05, 0.1) is 10.4 Å². The fraction of sp³-hybridized carbons (Fsp3) is 0.429. The molecule has 1 saturated carbocycles. The molecule has 6 heteroatoms. The molecule has 0 aromatic carbocycles. The summed E-state index contributed by atoms with van der Waals surface area (Å²) >= 11 is 1.33. The van der Waals surface area contributed by atoms with Gasteiger partial charge in [0, 0.05) is 11.4 Å². The number of carbonyl (C=O) groups is 2. The summed E-state index contributed by atoms with van der Waals surface area (Å²) in [6.45, 7) is 1.45. The van der Waals surface area contributed by atoms with Gasteiger partial charge in [-0.15, -0.1) is 11.3 Å². The van der Waals surface area contributed by atoms with E-state index in [1.165, 1.54) is 11.3 Å². The van der Waals surface area contributed by atoms with Crippen molar-refractivity contribution < 1.29 is 14.7 Å². The highest BCUT2D eigenvalue weighted by molar-refractivity contribution is 7.10. The number of carbonyl (C=O) groups excluding carboxylic acids is 2. The summed E-state index contributed by atoms with van der Waals surface area (Å²) in [6, 6.07) is 1.37. The molecule has 3 N–H and O–H groups in total. The number of thiophene rings is 1. The molecule has 1 unspecified atom stereocenters. The second-order valence-electron chi connectivity index (χ2n) is 4.64. The zero-order chi connectivity index (χ0) is 14.5. The molecule has 1 aromatic heterocycles. The molecule has 2 rings (SSSR count). The second kappa shape index (κ2) is 6.55. The Balaban J connectivity index is 1.89. The van der Waals surface area contributed by atoms with Crippen LogP contribution in [0.4, 0.5) is 0 Å². The van der Waals surface area contributed by atoms with Gasteiger partial charge in [0.1, 0.15) is 12.6 Å². The van der Waals surface area contributed by atoms with Crippen molar-refractivity contribution in [2.24, 2.45) is 0 Å². The van der Waals surface area contributed by atoms with Crippen LogP contribution in [0.1, 0.15) is 35.0 Å². The molecule has 1 atom stereocenters. The Morgan fingerprint density at radius 3 is 2.95 bits per heavy atom. The standard InChI is InChI=1S/C14H16N2O3S/c1-9(13(18)16-11-4-5-11)15-14(19)10-7-12(20-8-10)3-2-6-17/h7-9,11,17H,4-6H2,1H3,(H,15,19)(H,16,18). The molecule has 2 amide bonds.